The molecule has 1 aliphatic heterocycles. The normalized spacial score (nSPS) is 14.2. The van der Waals surface area contributed by atoms with Crippen LogP contribution in [0.4, 0.5) is 10.1 Å². The topological polar surface area (TPSA) is 41.5 Å². The van der Waals surface area contributed by atoms with Gasteiger partial charge in [0.15, 0.2) is 0 Å². The molecule has 1 aliphatic rings. The van der Waals surface area contributed by atoms with Crippen molar-refractivity contribution in [1.82, 2.24) is 0 Å². The summed E-state index contributed by atoms with van der Waals surface area (Å²) < 4.78 is 13.0. The third kappa shape index (κ3) is 2.25. The number of carbonyl (C=O) groups is 1. The minimum Gasteiger partial charge on any atom is -0.324 e. The van der Waals surface area contributed by atoms with Gasteiger partial charge in [-0.15, -0.1) is 0 Å². The maximum atomic E-state index is 13.0. The fraction of sp³-hybridized carbons (Fsp3) is 0.0667. The number of hydrogen-bond donors (Lipinski definition) is 1. The molecule has 1 heterocycles. The van der Waals surface area contributed by atoms with Crippen molar-refractivity contribution >= 4 is 17.3 Å². The number of carbonyl (C=O) groups excluding carboxylic acids is 1. The van der Waals surface area contributed by atoms with Gasteiger partial charge in [-0.2, -0.15) is 0 Å². The van der Waals surface area contributed by atoms with Gasteiger partial charge in [-0.3, -0.25) is 9.79 Å². The molecule has 4 heteroatoms. The Morgan fingerprint density at radius 2 is 1.79 bits per heavy atom. The van der Waals surface area contributed by atoms with Crippen LogP contribution in [-0.2, 0) is 4.79 Å². The first-order valence-electron chi connectivity index (χ1n) is 5.94. The van der Waals surface area contributed by atoms with Crippen molar-refractivity contribution in [3.63, 3.8) is 0 Å². The van der Waals surface area contributed by atoms with Crippen molar-refractivity contribution < 1.29 is 9.18 Å². The summed E-state index contributed by atoms with van der Waals surface area (Å²) in [4.78, 5) is 15.9. The number of rotatable bonds is 1. The van der Waals surface area contributed by atoms with Crippen LogP contribution in [0.3, 0.4) is 0 Å². The van der Waals surface area contributed by atoms with E-state index in [1.807, 2.05) is 24.3 Å². The second kappa shape index (κ2) is 4.65. The van der Waals surface area contributed by atoms with Crippen LogP contribution in [0.2, 0.25) is 0 Å². The molecule has 0 fully saturated rings. The number of halogens is 1. The quantitative estimate of drug-likeness (QED) is 0.834. The molecule has 0 aliphatic carbocycles. The van der Waals surface area contributed by atoms with Crippen LogP contribution in [0.15, 0.2) is 53.5 Å². The van der Waals surface area contributed by atoms with Crippen molar-refractivity contribution in [2.45, 2.75) is 0 Å². The van der Waals surface area contributed by atoms with E-state index in [1.54, 1.807) is 12.1 Å². The van der Waals surface area contributed by atoms with Crippen LogP contribution in [0.1, 0.15) is 11.1 Å². The third-order valence-corrected chi connectivity index (χ3v) is 2.95. The average molecular weight is 253 g/mol. The highest BCUT2D eigenvalue weighted by Gasteiger charge is 2.17. The Bertz CT molecular complexity index is 662. The Hall–Kier alpha value is -2.49. The molecule has 0 bridgehead atoms. The van der Waals surface area contributed by atoms with E-state index in [4.69, 9.17) is 0 Å². The Morgan fingerprint density at radius 3 is 2.58 bits per heavy atom. The Labute approximate surface area is 109 Å². The summed E-state index contributed by atoms with van der Waals surface area (Å²) in [6.07, 6.45) is 0. The van der Waals surface area contributed by atoms with E-state index >= 15 is 0 Å². The third-order valence-electron chi connectivity index (χ3n) is 2.95. The van der Waals surface area contributed by atoms with Crippen molar-refractivity contribution in [1.29, 1.82) is 0 Å². The summed E-state index contributed by atoms with van der Waals surface area (Å²) in [5.74, 6) is -0.440. The van der Waals surface area contributed by atoms with Gasteiger partial charge in [-0.1, -0.05) is 18.2 Å². The Kier molecular flexibility index (Phi) is 2.83. The first-order chi connectivity index (χ1) is 9.24. The van der Waals surface area contributed by atoms with Crippen LogP contribution in [0.25, 0.3) is 0 Å². The average Bonchev–Trinajstić information content (AvgIpc) is 2.58. The number of nitrogens with zero attached hydrogens (tertiary/aromatic N) is 1. The Morgan fingerprint density at radius 1 is 1.05 bits per heavy atom. The summed E-state index contributed by atoms with van der Waals surface area (Å²) in [5.41, 5.74) is 3.08. The summed E-state index contributed by atoms with van der Waals surface area (Å²) in [5, 5.41) is 2.81. The van der Waals surface area contributed by atoms with Gasteiger partial charge in [0.1, 0.15) is 12.4 Å². The molecule has 0 saturated heterocycles. The van der Waals surface area contributed by atoms with Gasteiger partial charge in [0.2, 0.25) is 5.91 Å². The molecule has 1 amide bonds. The second-order valence-electron chi connectivity index (χ2n) is 4.27. The van der Waals surface area contributed by atoms with Crippen molar-refractivity contribution in [2.75, 3.05) is 11.9 Å². The van der Waals surface area contributed by atoms with E-state index in [0.717, 1.165) is 16.8 Å². The molecule has 1 N–H and O–H groups in total. The molecule has 0 radical (unpaired) electrons. The van der Waals surface area contributed by atoms with Gasteiger partial charge in [0.05, 0.1) is 11.4 Å². The van der Waals surface area contributed by atoms with Crippen LogP contribution >= 0.6 is 0 Å². The summed E-state index contributed by atoms with van der Waals surface area (Å²) in [6.45, 7) is 0.0708. The fourth-order valence-electron chi connectivity index (χ4n) is 2.08. The van der Waals surface area contributed by atoms with E-state index < -0.39 is 0 Å². The number of anilines is 1. The van der Waals surface area contributed by atoms with E-state index in [9.17, 15) is 9.18 Å². The van der Waals surface area contributed by atoms with Crippen LogP contribution in [-0.4, -0.2) is 18.2 Å². The lowest BCUT2D eigenvalue weighted by atomic mass is 10.0. The van der Waals surface area contributed by atoms with E-state index in [0.29, 0.717) is 5.71 Å². The molecular weight excluding hydrogens is 242 g/mol. The van der Waals surface area contributed by atoms with Crippen molar-refractivity contribution in [2.24, 2.45) is 4.99 Å². The molecule has 0 unspecified atom stereocenters. The lowest BCUT2D eigenvalue weighted by Crippen LogP contribution is -2.13. The molecular formula is C15H11FN2O. The Balaban J connectivity index is 2.14. The number of amides is 1. The lowest BCUT2D eigenvalue weighted by molar-refractivity contribution is -0.114. The van der Waals surface area contributed by atoms with Crippen molar-refractivity contribution in [3.8, 4) is 0 Å². The number of benzodiazepines with no additional fused rings is 1. The van der Waals surface area contributed by atoms with Gasteiger partial charge in [0, 0.05) is 11.1 Å². The zero-order valence-electron chi connectivity index (χ0n) is 10.1. The minimum atomic E-state index is -0.291. The molecule has 0 saturated carbocycles. The fourth-order valence-corrected chi connectivity index (χ4v) is 2.08. The monoisotopic (exact) mass is 253 g/mol. The highest BCUT2D eigenvalue weighted by atomic mass is 18.2. The largest absolute Gasteiger partial charge is 0.324 e. The molecule has 19 heavy (non-hydrogen) atoms. The van der Waals surface area contributed by atoms with Gasteiger partial charge >= 0.3 is 0 Å². The predicted molar refractivity (Wildman–Crippen MR) is 72.0 cm³/mol. The number of para-hydroxylation sites is 1. The summed E-state index contributed by atoms with van der Waals surface area (Å²) in [6, 6.07) is 13.6. The number of nitrogens with one attached hydrogen (secondary N) is 1. The van der Waals surface area contributed by atoms with Gasteiger partial charge in [-0.05, 0) is 30.3 Å². The summed E-state index contributed by atoms with van der Waals surface area (Å²) >= 11 is 0. The zero-order valence-corrected chi connectivity index (χ0v) is 10.1. The molecule has 94 valence electrons. The summed E-state index contributed by atoms with van der Waals surface area (Å²) in [7, 11) is 0. The van der Waals surface area contributed by atoms with Crippen LogP contribution < -0.4 is 5.32 Å². The number of fused-ring (bicyclic) bond motifs is 1. The van der Waals surface area contributed by atoms with Gasteiger partial charge in [-0.25, -0.2) is 4.39 Å². The molecule has 0 atom stereocenters. The van der Waals surface area contributed by atoms with Crippen LogP contribution in [0.5, 0.6) is 0 Å². The molecule has 0 aromatic heterocycles. The maximum absolute atomic E-state index is 13.0. The van der Waals surface area contributed by atoms with Gasteiger partial charge in [0.25, 0.3) is 0 Å². The lowest BCUT2D eigenvalue weighted by Gasteiger charge is -2.09. The predicted octanol–water partition coefficient (Wildman–Crippen LogP) is 2.62. The van der Waals surface area contributed by atoms with Gasteiger partial charge < -0.3 is 5.32 Å². The van der Waals surface area contributed by atoms with Crippen molar-refractivity contribution in [3.05, 3.63) is 65.5 Å². The standard InChI is InChI=1S/C15H11FN2O/c16-11-7-5-10(6-8-11)15-12-3-1-2-4-13(12)18-14(19)9-17-15/h1-8H,9H2,(H,18,19)/i16-1. The molecule has 3 rings (SSSR count). The highest BCUT2D eigenvalue weighted by Crippen LogP contribution is 2.22. The molecule has 3 nitrogen and oxygen atoms in total. The first-order valence-corrected chi connectivity index (χ1v) is 5.94. The SMILES string of the molecule is O=C1CN=C(c2ccc([18F])cc2)c2ccccc2N1. The molecule has 2 aromatic carbocycles. The molecule has 2 aromatic rings. The second-order valence-corrected chi connectivity index (χ2v) is 4.27. The van der Waals surface area contributed by atoms with E-state index in [-0.39, 0.29) is 18.3 Å². The first kappa shape index (κ1) is 11.6. The van der Waals surface area contributed by atoms with Crippen LogP contribution in [0, 0.1) is 5.82 Å². The number of hydrogen-bond acceptors (Lipinski definition) is 2. The number of aliphatic imine (C=N–C) groups is 1. The highest BCUT2D eigenvalue weighted by molar-refractivity contribution is 6.19. The minimum absolute atomic E-state index is 0.0708. The van der Waals surface area contributed by atoms with E-state index in [1.165, 1.54) is 12.1 Å². The smallest absolute Gasteiger partial charge is 0.246 e. The zero-order chi connectivity index (χ0) is 13.2. The number of benzene rings is 2. The van der Waals surface area contributed by atoms with E-state index in [2.05, 4.69) is 10.3 Å². The maximum Gasteiger partial charge on any atom is 0.246 e. The molecule has 0 spiro atoms.